The van der Waals surface area contributed by atoms with Gasteiger partial charge in [0, 0.05) is 10.4 Å². The van der Waals surface area contributed by atoms with Gasteiger partial charge in [-0.2, -0.15) is 0 Å². The van der Waals surface area contributed by atoms with Crippen molar-refractivity contribution >= 4 is 27.3 Å². The van der Waals surface area contributed by atoms with Crippen molar-refractivity contribution in [1.82, 2.24) is 10.0 Å². The number of hydrogen-bond donors (Lipinski definition) is 2. The smallest absolute Gasteiger partial charge is 0.251 e. The molecular weight excluding hydrogens is 356 g/mol. The largest absolute Gasteiger partial charge is 0.344 e. The van der Waals surface area contributed by atoms with Gasteiger partial charge in [-0.25, -0.2) is 13.1 Å². The van der Waals surface area contributed by atoms with E-state index in [0.717, 1.165) is 17.7 Å². The van der Waals surface area contributed by atoms with E-state index in [9.17, 15) is 13.2 Å². The summed E-state index contributed by atoms with van der Waals surface area (Å²) in [6, 6.07) is 9.95. The molecule has 0 spiro atoms. The Bertz CT molecular complexity index is 780. The lowest BCUT2D eigenvalue weighted by Crippen LogP contribution is -2.32. The van der Waals surface area contributed by atoms with Crippen LogP contribution in [-0.2, 0) is 10.0 Å². The first kappa shape index (κ1) is 19.6. The first-order valence-electron chi connectivity index (χ1n) is 8.30. The number of hydrogen-bond acceptors (Lipinski definition) is 4. The molecule has 1 aromatic carbocycles. The Morgan fingerprint density at radius 1 is 1.12 bits per heavy atom. The Balaban J connectivity index is 2.21. The predicted octanol–water partition coefficient (Wildman–Crippen LogP) is 3.56. The molecule has 2 rings (SSSR count). The molecule has 0 aliphatic carbocycles. The summed E-state index contributed by atoms with van der Waals surface area (Å²) in [6.07, 6.45) is 1.94. The topological polar surface area (TPSA) is 75.3 Å². The molecule has 1 heterocycles. The highest BCUT2D eigenvalue weighted by Gasteiger charge is 2.24. The number of amides is 1. The van der Waals surface area contributed by atoms with Crippen LogP contribution in [0.1, 0.15) is 48.0 Å². The van der Waals surface area contributed by atoms with Crippen molar-refractivity contribution in [3.05, 3.63) is 52.2 Å². The van der Waals surface area contributed by atoms with Gasteiger partial charge in [-0.15, -0.1) is 11.3 Å². The lowest BCUT2D eigenvalue weighted by molar-refractivity contribution is 0.0920. The van der Waals surface area contributed by atoms with Crippen molar-refractivity contribution < 1.29 is 13.2 Å². The zero-order valence-corrected chi connectivity index (χ0v) is 16.3. The maximum atomic E-state index is 12.6. The molecule has 1 atom stereocenters. The number of carbonyl (C=O) groups is 1. The lowest BCUT2D eigenvalue weighted by atomic mass is 9.92. The molecule has 1 aromatic heterocycles. The Morgan fingerprint density at radius 3 is 2.24 bits per heavy atom. The second kappa shape index (κ2) is 8.60. The van der Waals surface area contributed by atoms with Crippen LogP contribution in [0.4, 0.5) is 0 Å². The normalized spacial score (nSPS) is 13.0. The van der Waals surface area contributed by atoms with Gasteiger partial charge < -0.3 is 5.32 Å². The molecule has 0 bridgehead atoms. The van der Waals surface area contributed by atoms with E-state index < -0.39 is 10.0 Å². The van der Waals surface area contributed by atoms with Gasteiger partial charge >= 0.3 is 0 Å². The molecule has 0 fully saturated rings. The highest BCUT2D eigenvalue weighted by molar-refractivity contribution is 7.89. The summed E-state index contributed by atoms with van der Waals surface area (Å²) in [5.41, 5.74) is 0.447. The van der Waals surface area contributed by atoms with Gasteiger partial charge in [0.2, 0.25) is 10.0 Å². The molecule has 25 heavy (non-hydrogen) atoms. The third kappa shape index (κ3) is 4.68. The fourth-order valence-corrected chi connectivity index (χ4v) is 4.38. The molecule has 0 saturated heterocycles. The predicted molar refractivity (Wildman–Crippen MR) is 101 cm³/mol. The molecule has 0 radical (unpaired) electrons. The van der Waals surface area contributed by atoms with Crippen LogP contribution in [0.15, 0.2) is 46.7 Å². The molecule has 1 amide bonds. The van der Waals surface area contributed by atoms with Crippen LogP contribution in [0.3, 0.4) is 0 Å². The van der Waals surface area contributed by atoms with E-state index in [1.54, 1.807) is 11.3 Å². The van der Waals surface area contributed by atoms with Crippen molar-refractivity contribution in [2.24, 2.45) is 5.92 Å². The molecule has 0 aliphatic heterocycles. The van der Waals surface area contributed by atoms with Crippen molar-refractivity contribution in [2.75, 3.05) is 7.05 Å². The van der Waals surface area contributed by atoms with Gasteiger partial charge in [-0.05, 0) is 48.7 Å². The van der Waals surface area contributed by atoms with Crippen LogP contribution in [0.25, 0.3) is 0 Å². The summed E-state index contributed by atoms with van der Waals surface area (Å²) in [5.74, 6) is 0.158. The number of thiophene rings is 1. The van der Waals surface area contributed by atoms with Crippen LogP contribution in [0.5, 0.6) is 0 Å². The minimum Gasteiger partial charge on any atom is -0.344 e. The Labute approximate surface area is 153 Å². The minimum absolute atomic E-state index is 0.0387. The van der Waals surface area contributed by atoms with Gasteiger partial charge in [0.1, 0.15) is 0 Å². The highest BCUT2D eigenvalue weighted by Crippen LogP contribution is 2.30. The number of benzene rings is 1. The summed E-state index contributed by atoms with van der Waals surface area (Å²) in [7, 11) is -2.14. The van der Waals surface area contributed by atoms with E-state index in [2.05, 4.69) is 23.9 Å². The summed E-state index contributed by atoms with van der Waals surface area (Å²) < 4.78 is 25.8. The molecule has 7 heteroatoms. The van der Waals surface area contributed by atoms with Crippen LogP contribution in [-0.4, -0.2) is 21.4 Å². The highest BCUT2D eigenvalue weighted by atomic mass is 32.2. The molecule has 0 aliphatic rings. The Kier molecular flexibility index (Phi) is 6.75. The summed E-state index contributed by atoms with van der Waals surface area (Å²) in [6.45, 7) is 4.25. The molecule has 136 valence electrons. The van der Waals surface area contributed by atoms with Gasteiger partial charge in [0.15, 0.2) is 0 Å². The first-order valence-corrected chi connectivity index (χ1v) is 10.7. The molecule has 0 saturated carbocycles. The second-order valence-electron chi connectivity index (χ2n) is 5.78. The molecular formula is C18H24N2O3S2. The zero-order chi connectivity index (χ0) is 18.4. The first-order chi connectivity index (χ1) is 11.9. The van der Waals surface area contributed by atoms with Crippen molar-refractivity contribution in [3.63, 3.8) is 0 Å². The van der Waals surface area contributed by atoms with Gasteiger partial charge in [-0.3, -0.25) is 4.79 Å². The molecule has 1 unspecified atom stereocenters. The average Bonchev–Trinajstić information content (AvgIpc) is 3.16. The third-order valence-electron chi connectivity index (χ3n) is 4.35. The van der Waals surface area contributed by atoms with Crippen molar-refractivity contribution in [2.45, 2.75) is 37.6 Å². The zero-order valence-electron chi connectivity index (χ0n) is 14.7. The van der Waals surface area contributed by atoms with Crippen LogP contribution in [0, 0.1) is 5.92 Å². The van der Waals surface area contributed by atoms with E-state index >= 15 is 0 Å². The minimum atomic E-state index is -3.50. The number of nitrogens with one attached hydrogen (secondary N) is 2. The van der Waals surface area contributed by atoms with Crippen LogP contribution < -0.4 is 10.0 Å². The molecule has 2 N–H and O–H groups in total. The Hall–Kier alpha value is -1.70. The van der Waals surface area contributed by atoms with Crippen molar-refractivity contribution in [1.29, 1.82) is 0 Å². The summed E-state index contributed by atoms with van der Waals surface area (Å²) in [4.78, 5) is 13.9. The lowest BCUT2D eigenvalue weighted by Gasteiger charge is -2.25. The Morgan fingerprint density at radius 2 is 1.76 bits per heavy atom. The monoisotopic (exact) mass is 380 g/mol. The van der Waals surface area contributed by atoms with Crippen LogP contribution >= 0.6 is 11.3 Å². The number of sulfonamides is 1. The van der Waals surface area contributed by atoms with Crippen molar-refractivity contribution in [3.8, 4) is 0 Å². The molecule has 2 aromatic rings. The van der Waals surface area contributed by atoms with Gasteiger partial charge in [0.25, 0.3) is 5.91 Å². The summed E-state index contributed by atoms with van der Waals surface area (Å²) in [5, 5.41) is 5.12. The van der Waals surface area contributed by atoms with Gasteiger partial charge in [-0.1, -0.05) is 32.8 Å². The molecule has 5 nitrogen and oxygen atoms in total. The van der Waals surface area contributed by atoms with E-state index in [4.69, 9.17) is 0 Å². The van der Waals surface area contributed by atoms with E-state index in [0.29, 0.717) is 11.5 Å². The average molecular weight is 381 g/mol. The fourth-order valence-electron chi connectivity index (χ4n) is 2.78. The third-order valence-corrected chi connectivity index (χ3v) is 6.74. The maximum Gasteiger partial charge on any atom is 0.251 e. The number of rotatable bonds is 8. The van der Waals surface area contributed by atoms with Crippen LogP contribution in [0.2, 0.25) is 0 Å². The fraction of sp³-hybridized carbons (Fsp3) is 0.389. The van der Waals surface area contributed by atoms with E-state index in [-0.39, 0.29) is 16.8 Å². The second-order valence-corrected chi connectivity index (χ2v) is 8.64. The maximum absolute atomic E-state index is 12.6. The SMILES string of the molecule is CCC(CC)C(NC(=O)c1ccc(S(=O)(=O)NC)cc1)c1cccs1. The van der Waals surface area contributed by atoms with Gasteiger partial charge in [0.05, 0.1) is 10.9 Å². The standard InChI is InChI=1S/C18H24N2O3S2/c1-4-13(5-2)17(16-7-6-12-24-16)20-18(21)14-8-10-15(11-9-14)25(22,23)19-3/h6-13,17,19H,4-5H2,1-3H3,(H,20,21). The quantitative estimate of drug-likeness (QED) is 0.735. The van der Waals surface area contributed by atoms with E-state index in [1.165, 1.54) is 31.3 Å². The van der Waals surface area contributed by atoms with E-state index in [1.807, 2.05) is 17.5 Å². The number of carbonyl (C=O) groups excluding carboxylic acids is 1. The summed E-state index contributed by atoms with van der Waals surface area (Å²) >= 11 is 1.63.